The topological polar surface area (TPSA) is 80.6 Å². The van der Waals surface area contributed by atoms with Crippen molar-refractivity contribution >= 4 is 46.9 Å². The molecule has 2 heterocycles. The van der Waals surface area contributed by atoms with Crippen LogP contribution >= 0.6 is 12.2 Å². The monoisotopic (exact) mass is 491 g/mol. The van der Waals surface area contributed by atoms with E-state index in [1.807, 2.05) is 30.5 Å². The van der Waals surface area contributed by atoms with E-state index in [1.165, 1.54) is 30.3 Å². The molecule has 1 saturated heterocycles. The first-order valence-corrected chi connectivity index (χ1v) is 11.3. The molecule has 0 bridgehead atoms. The molecule has 0 radical (unpaired) electrons. The minimum atomic E-state index is -0.618. The normalized spacial score (nSPS) is 14.9. The number of aromatic nitrogens is 1. The molecule has 0 saturated carbocycles. The standard InChI is InChI=1S/C26H22FN3O4S/c1-4-34-25(33)17-6-5-7-21(13-17)29-15(2)12-18(16(29)3)14-22-23(31)28-26(35)30(24(22)32)20-10-8-19(27)9-11-20/h5-14H,4H2,1-3H3,(H,28,31,35). The van der Waals surface area contributed by atoms with E-state index in [4.69, 9.17) is 17.0 Å². The first-order valence-electron chi connectivity index (χ1n) is 10.8. The summed E-state index contributed by atoms with van der Waals surface area (Å²) >= 11 is 5.19. The molecule has 9 heteroatoms. The van der Waals surface area contributed by atoms with E-state index in [1.54, 1.807) is 25.1 Å². The van der Waals surface area contributed by atoms with Crippen LogP contribution in [0.3, 0.4) is 0 Å². The minimum Gasteiger partial charge on any atom is -0.462 e. The lowest BCUT2D eigenvalue weighted by atomic mass is 10.1. The van der Waals surface area contributed by atoms with Gasteiger partial charge in [0.15, 0.2) is 5.11 Å². The van der Waals surface area contributed by atoms with Crippen molar-refractivity contribution in [1.29, 1.82) is 0 Å². The minimum absolute atomic E-state index is 0.0787. The number of halogens is 1. The summed E-state index contributed by atoms with van der Waals surface area (Å²) in [6, 6.07) is 14.1. The van der Waals surface area contributed by atoms with Crippen molar-refractivity contribution in [2.45, 2.75) is 20.8 Å². The Labute approximate surface area is 206 Å². The quantitative estimate of drug-likeness (QED) is 0.250. The Kier molecular flexibility index (Phi) is 6.61. The fourth-order valence-corrected chi connectivity index (χ4v) is 4.24. The molecule has 1 fully saturated rings. The summed E-state index contributed by atoms with van der Waals surface area (Å²) in [5.74, 6) is -2.10. The molecule has 1 aliphatic rings. The van der Waals surface area contributed by atoms with Crippen LogP contribution in [0, 0.1) is 19.7 Å². The fourth-order valence-electron chi connectivity index (χ4n) is 3.96. The van der Waals surface area contributed by atoms with Crippen LogP contribution in [0.15, 0.2) is 60.2 Å². The summed E-state index contributed by atoms with van der Waals surface area (Å²) in [5.41, 5.74) is 3.64. The zero-order valence-electron chi connectivity index (χ0n) is 19.3. The van der Waals surface area contributed by atoms with E-state index in [0.29, 0.717) is 16.8 Å². The molecule has 0 unspecified atom stereocenters. The molecular weight excluding hydrogens is 469 g/mol. The third kappa shape index (κ3) is 4.63. The van der Waals surface area contributed by atoms with Crippen LogP contribution in [-0.4, -0.2) is 34.1 Å². The van der Waals surface area contributed by atoms with Gasteiger partial charge in [-0.15, -0.1) is 0 Å². The highest BCUT2D eigenvalue weighted by Crippen LogP contribution is 2.26. The highest BCUT2D eigenvalue weighted by atomic mass is 32.1. The number of thiocarbonyl (C=S) groups is 1. The van der Waals surface area contributed by atoms with Gasteiger partial charge in [-0.3, -0.25) is 19.8 Å². The summed E-state index contributed by atoms with van der Waals surface area (Å²) in [6.45, 7) is 5.75. The van der Waals surface area contributed by atoms with Gasteiger partial charge in [0.05, 0.1) is 17.9 Å². The van der Waals surface area contributed by atoms with Crippen LogP contribution in [-0.2, 0) is 14.3 Å². The fraction of sp³-hybridized carbons (Fsp3) is 0.154. The molecule has 4 rings (SSSR count). The Balaban J connectivity index is 1.73. The van der Waals surface area contributed by atoms with Crippen molar-refractivity contribution in [3.05, 3.63) is 88.5 Å². The number of hydrogen-bond donors (Lipinski definition) is 1. The van der Waals surface area contributed by atoms with Gasteiger partial charge in [0.25, 0.3) is 11.8 Å². The lowest BCUT2D eigenvalue weighted by Crippen LogP contribution is -2.54. The van der Waals surface area contributed by atoms with E-state index >= 15 is 0 Å². The highest BCUT2D eigenvalue weighted by Gasteiger charge is 2.34. The second-order valence-electron chi connectivity index (χ2n) is 7.87. The van der Waals surface area contributed by atoms with Gasteiger partial charge in [0.2, 0.25) is 0 Å². The Morgan fingerprint density at radius 3 is 2.49 bits per heavy atom. The second kappa shape index (κ2) is 9.63. The van der Waals surface area contributed by atoms with Gasteiger partial charge >= 0.3 is 5.97 Å². The Hall–Kier alpha value is -4.11. The van der Waals surface area contributed by atoms with Crippen molar-refractivity contribution in [1.82, 2.24) is 9.88 Å². The summed E-state index contributed by atoms with van der Waals surface area (Å²) in [5, 5.41) is 2.45. The molecule has 1 aliphatic heterocycles. The van der Waals surface area contributed by atoms with Crippen LogP contribution in [0.2, 0.25) is 0 Å². The Morgan fingerprint density at radius 2 is 1.80 bits per heavy atom. The maximum Gasteiger partial charge on any atom is 0.338 e. The van der Waals surface area contributed by atoms with Gasteiger partial charge in [0.1, 0.15) is 11.4 Å². The average Bonchev–Trinajstić information content (AvgIpc) is 3.10. The van der Waals surface area contributed by atoms with Crippen LogP contribution in [0.4, 0.5) is 10.1 Å². The maximum absolute atomic E-state index is 13.4. The lowest BCUT2D eigenvalue weighted by Gasteiger charge is -2.28. The summed E-state index contributed by atoms with van der Waals surface area (Å²) in [4.78, 5) is 39.2. The molecule has 0 atom stereocenters. The summed E-state index contributed by atoms with van der Waals surface area (Å²) in [6.07, 6.45) is 1.50. The smallest absolute Gasteiger partial charge is 0.338 e. The zero-order chi connectivity index (χ0) is 25.3. The third-order valence-electron chi connectivity index (χ3n) is 5.57. The highest BCUT2D eigenvalue weighted by molar-refractivity contribution is 7.80. The molecule has 2 amide bonds. The SMILES string of the molecule is CCOC(=O)c1cccc(-n2c(C)cc(C=C3C(=O)NC(=S)N(c4ccc(F)cc4)C3=O)c2C)c1. The van der Waals surface area contributed by atoms with E-state index in [-0.39, 0.29) is 17.3 Å². The molecule has 1 aromatic heterocycles. The van der Waals surface area contributed by atoms with Gasteiger partial charge < -0.3 is 9.30 Å². The predicted octanol–water partition coefficient (Wildman–Crippen LogP) is 4.24. The van der Waals surface area contributed by atoms with Crippen LogP contribution < -0.4 is 10.2 Å². The number of benzene rings is 2. The number of hydrogen-bond acceptors (Lipinski definition) is 5. The molecule has 7 nitrogen and oxygen atoms in total. The van der Waals surface area contributed by atoms with Gasteiger partial charge in [-0.05, 0) is 93.2 Å². The predicted molar refractivity (Wildman–Crippen MR) is 134 cm³/mol. The van der Waals surface area contributed by atoms with E-state index in [2.05, 4.69) is 5.32 Å². The van der Waals surface area contributed by atoms with E-state index < -0.39 is 23.6 Å². The van der Waals surface area contributed by atoms with E-state index in [9.17, 15) is 18.8 Å². The summed E-state index contributed by atoms with van der Waals surface area (Å²) in [7, 11) is 0. The van der Waals surface area contributed by atoms with Gasteiger partial charge in [0, 0.05) is 17.1 Å². The number of nitrogens with one attached hydrogen (secondary N) is 1. The number of ether oxygens (including phenoxy) is 1. The van der Waals surface area contributed by atoms with Crippen molar-refractivity contribution in [2.24, 2.45) is 0 Å². The number of esters is 1. The number of anilines is 1. The first kappa shape index (κ1) is 24.0. The number of amides is 2. The number of rotatable bonds is 5. The molecule has 35 heavy (non-hydrogen) atoms. The number of nitrogens with zero attached hydrogens (tertiary/aromatic N) is 2. The number of carbonyl (C=O) groups is 3. The number of aryl methyl sites for hydroxylation is 1. The average molecular weight is 492 g/mol. The molecule has 178 valence electrons. The largest absolute Gasteiger partial charge is 0.462 e. The molecular formula is C26H22FN3O4S. The Morgan fingerprint density at radius 1 is 1.09 bits per heavy atom. The van der Waals surface area contributed by atoms with E-state index in [0.717, 1.165) is 22.0 Å². The van der Waals surface area contributed by atoms with Crippen molar-refractivity contribution < 1.29 is 23.5 Å². The van der Waals surface area contributed by atoms with Crippen LogP contribution in [0.1, 0.15) is 34.2 Å². The second-order valence-corrected chi connectivity index (χ2v) is 8.25. The molecule has 2 aromatic carbocycles. The first-order chi connectivity index (χ1) is 16.7. The molecule has 3 aromatic rings. The number of carbonyl (C=O) groups excluding carboxylic acids is 3. The zero-order valence-corrected chi connectivity index (χ0v) is 20.1. The molecule has 0 aliphatic carbocycles. The van der Waals surface area contributed by atoms with Crippen molar-refractivity contribution in [2.75, 3.05) is 11.5 Å². The van der Waals surface area contributed by atoms with Crippen LogP contribution in [0.25, 0.3) is 11.8 Å². The van der Waals surface area contributed by atoms with Crippen molar-refractivity contribution in [3.63, 3.8) is 0 Å². The molecule has 1 N–H and O–H groups in total. The lowest BCUT2D eigenvalue weighted by molar-refractivity contribution is -0.122. The van der Waals surface area contributed by atoms with Gasteiger partial charge in [-0.2, -0.15) is 0 Å². The molecule has 0 spiro atoms. The Bertz CT molecular complexity index is 1390. The van der Waals surface area contributed by atoms with Gasteiger partial charge in [-0.1, -0.05) is 6.07 Å². The maximum atomic E-state index is 13.4. The van der Waals surface area contributed by atoms with Crippen LogP contribution in [0.5, 0.6) is 0 Å². The summed E-state index contributed by atoms with van der Waals surface area (Å²) < 4.78 is 20.4. The van der Waals surface area contributed by atoms with Gasteiger partial charge in [-0.25, -0.2) is 9.18 Å². The van der Waals surface area contributed by atoms with Crippen molar-refractivity contribution in [3.8, 4) is 5.69 Å². The third-order valence-corrected chi connectivity index (χ3v) is 5.86.